The van der Waals surface area contributed by atoms with Crippen LogP contribution in [0, 0.1) is 11.8 Å². The Labute approximate surface area is 138 Å². The molecule has 0 aliphatic carbocycles. The molecule has 0 unspecified atom stereocenters. The average molecular weight is 342 g/mol. The van der Waals surface area contributed by atoms with E-state index < -0.39 is 7.82 Å². The van der Waals surface area contributed by atoms with Crippen LogP contribution in [0.3, 0.4) is 0 Å². The lowest BCUT2D eigenvalue weighted by Gasteiger charge is -2.21. The summed E-state index contributed by atoms with van der Waals surface area (Å²) in [5, 5.41) is 0. The Bertz CT molecular complexity index is 566. The third kappa shape index (κ3) is 8.72. The standard InChI is InChI=1S/C17H24O.H3O4P/c1-7-14-9-8-10-15(11-14)17(18-6)16(12(2)3)13(4)5;1-5(2,3)4/h7-13H,1H2,2-6H3;(H3,1,2,3,4). The number of methoxy groups -OCH3 is 1. The van der Waals surface area contributed by atoms with Crippen LogP contribution in [0.25, 0.3) is 11.8 Å². The number of ether oxygens (including phenoxy) is 1. The van der Waals surface area contributed by atoms with E-state index in [1.807, 2.05) is 18.2 Å². The van der Waals surface area contributed by atoms with Crippen LogP contribution in [-0.4, -0.2) is 21.8 Å². The zero-order valence-electron chi connectivity index (χ0n) is 14.4. The predicted octanol–water partition coefficient (Wildman–Crippen LogP) is 4.07. The molecule has 6 heteroatoms. The monoisotopic (exact) mass is 342 g/mol. The van der Waals surface area contributed by atoms with E-state index in [2.05, 4.69) is 46.4 Å². The van der Waals surface area contributed by atoms with Gasteiger partial charge in [0.1, 0.15) is 5.76 Å². The van der Waals surface area contributed by atoms with Crippen LogP contribution in [0.2, 0.25) is 0 Å². The molecule has 1 aromatic rings. The first-order valence-corrected chi connectivity index (χ1v) is 8.87. The number of allylic oxidation sites excluding steroid dienone is 1. The Morgan fingerprint density at radius 3 is 2.00 bits per heavy atom. The quantitative estimate of drug-likeness (QED) is 0.555. The summed E-state index contributed by atoms with van der Waals surface area (Å²) in [6.45, 7) is 12.7. The van der Waals surface area contributed by atoms with Crippen LogP contribution in [0.1, 0.15) is 38.8 Å². The number of phosphoric acid groups is 1. The van der Waals surface area contributed by atoms with Gasteiger partial charge in [0.15, 0.2) is 0 Å². The number of hydrogen-bond donors (Lipinski definition) is 3. The van der Waals surface area contributed by atoms with Crippen molar-refractivity contribution in [3.05, 3.63) is 47.5 Å². The molecule has 0 amide bonds. The minimum Gasteiger partial charge on any atom is -0.496 e. The first kappa shape index (κ1) is 21.6. The third-order valence-electron chi connectivity index (χ3n) is 3.09. The fourth-order valence-electron chi connectivity index (χ4n) is 2.40. The molecule has 0 saturated heterocycles. The second kappa shape index (κ2) is 9.68. The molecule has 23 heavy (non-hydrogen) atoms. The summed E-state index contributed by atoms with van der Waals surface area (Å²) in [4.78, 5) is 21.6. The smallest absolute Gasteiger partial charge is 0.466 e. The van der Waals surface area contributed by atoms with E-state index in [1.54, 1.807) is 7.11 Å². The van der Waals surface area contributed by atoms with Crippen molar-refractivity contribution in [3.63, 3.8) is 0 Å². The number of rotatable bonds is 5. The van der Waals surface area contributed by atoms with Gasteiger partial charge in [-0.25, -0.2) is 4.57 Å². The zero-order chi connectivity index (χ0) is 18.2. The van der Waals surface area contributed by atoms with Crippen molar-refractivity contribution in [1.29, 1.82) is 0 Å². The fraction of sp³-hybridized carbons (Fsp3) is 0.412. The largest absolute Gasteiger partial charge is 0.496 e. The topological polar surface area (TPSA) is 87.0 Å². The Morgan fingerprint density at radius 1 is 1.17 bits per heavy atom. The molecule has 0 aliphatic rings. The molecule has 0 fully saturated rings. The van der Waals surface area contributed by atoms with Gasteiger partial charge in [0.2, 0.25) is 0 Å². The average Bonchev–Trinajstić information content (AvgIpc) is 2.41. The first-order chi connectivity index (χ1) is 10.5. The van der Waals surface area contributed by atoms with Crippen LogP contribution in [0.4, 0.5) is 0 Å². The van der Waals surface area contributed by atoms with Gasteiger partial charge in [0.05, 0.1) is 7.11 Å². The van der Waals surface area contributed by atoms with Gasteiger partial charge in [-0.1, -0.05) is 58.5 Å². The van der Waals surface area contributed by atoms with Gasteiger partial charge in [-0.3, -0.25) is 0 Å². The maximum absolute atomic E-state index is 8.88. The van der Waals surface area contributed by atoms with Gasteiger partial charge in [-0.05, 0) is 29.0 Å². The van der Waals surface area contributed by atoms with E-state index in [9.17, 15) is 0 Å². The molecule has 5 nitrogen and oxygen atoms in total. The minimum absolute atomic E-state index is 0.479. The van der Waals surface area contributed by atoms with Crippen molar-refractivity contribution in [2.75, 3.05) is 7.11 Å². The molecule has 0 radical (unpaired) electrons. The summed E-state index contributed by atoms with van der Waals surface area (Å²) in [5.41, 5.74) is 3.61. The first-order valence-electron chi connectivity index (χ1n) is 7.30. The molecular formula is C17H27O5P. The fourth-order valence-corrected chi connectivity index (χ4v) is 2.40. The summed E-state index contributed by atoms with van der Waals surface area (Å²) < 4.78 is 14.5. The van der Waals surface area contributed by atoms with Crippen molar-refractivity contribution < 1.29 is 24.0 Å². The predicted molar refractivity (Wildman–Crippen MR) is 94.4 cm³/mol. The highest BCUT2D eigenvalue weighted by Gasteiger charge is 2.16. The molecule has 0 heterocycles. The SMILES string of the molecule is C=Cc1cccc(C(OC)=C(C(C)C)C(C)C)c1.O=P(O)(O)O. The maximum atomic E-state index is 8.88. The molecule has 1 rings (SSSR count). The Kier molecular flexibility index (Phi) is 9.10. The maximum Gasteiger partial charge on any atom is 0.466 e. The van der Waals surface area contributed by atoms with E-state index in [0.29, 0.717) is 11.8 Å². The summed E-state index contributed by atoms with van der Waals surface area (Å²) >= 11 is 0. The van der Waals surface area contributed by atoms with Gasteiger partial charge in [0, 0.05) is 5.56 Å². The Balaban J connectivity index is 0.000000841. The van der Waals surface area contributed by atoms with Crippen LogP contribution >= 0.6 is 7.82 Å². The minimum atomic E-state index is -4.64. The summed E-state index contributed by atoms with van der Waals surface area (Å²) in [6.07, 6.45) is 1.86. The normalized spacial score (nSPS) is 10.9. The zero-order valence-corrected chi connectivity index (χ0v) is 15.2. The van der Waals surface area contributed by atoms with Crippen molar-refractivity contribution in [3.8, 4) is 0 Å². The van der Waals surface area contributed by atoms with E-state index in [4.69, 9.17) is 24.0 Å². The van der Waals surface area contributed by atoms with Crippen molar-refractivity contribution in [2.45, 2.75) is 27.7 Å². The Hall–Kier alpha value is -1.39. The number of hydrogen-bond acceptors (Lipinski definition) is 2. The van der Waals surface area contributed by atoms with Gasteiger partial charge in [-0.15, -0.1) is 0 Å². The lowest BCUT2D eigenvalue weighted by atomic mass is 9.89. The number of benzene rings is 1. The highest BCUT2D eigenvalue weighted by molar-refractivity contribution is 7.45. The van der Waals surface area contributed by atoms with Gasteiger partial charge in [-0.2, -0.15) is 0 Å². The molecule has 3 N–H and O–H groups in total. The molecule has 0 saturated carbocycles. The van der Waals surface area contributed by atoms with Crippen LogP contribution in [0.5, 0.6) is 0 Å². The molecule has 0 spiro atoms. The van der Waals surface area contributed by atoms with Crippen molar-refractivity contribution in [2.24, 2.45) is 11.8 Å². The van der Waals surface area contributed by atoms with E-state index in [-0.39, 0.29) is 0 Å². The van der Waals surface area contributed by atoms with Gasteiger partial charge in [0.25, 0.3) is 0 Å². The molecular weight excluding hydrogens is 315 g/mol. The van der Waals surface area contributed by atoms with Crippen molar-refractivity contribution >= 4 is 19.7 Å². The lowest BCUT2D eigenvalue weighted by molar-refractivity contribution is 0.275. The Morgan fingerprint density at radius 2 is 1.65 bits per heavy atom. The highest BCUT2D eigenvalue weighted by Crippen LogP contribution is 2.30. The van der Waals surface area contributed by atoms with E-state index >= 15 is 0 Å². The molecule has 130 valence electrons. The van der Waals surface area contributed by atoms with Crippen LogP contribution < -0.4 is 0 Å². The molecule has 0 atom stereocenters. The van der Waals surface area contributed by atoms with E-state index in [1.165, 1.54) is 5.57 Å². The lowest BCUT2D eigenvalue weighted by Crippen LogP contribution is -2.07. The molecule has 1 aromatic carbocycles. The summed E-state index contributed by atoms with van der Waals surface area (Å²) in [7, 11) is -2.89. The summed E-state index contributed by atoms with van der Waals surface area (Å²) in [6, 6.07) is 8.31. The molecule has 0 aliphatic heterocycles. The highest BCUT2D eigenvalue weighted by atomic mass is 31.2. The summed E-state index contributed by atoms with van der Waals surface area (Å²) in [5.74, 6) is 1.96. The van der Waals surface area contributed by atoms with Crippen molar-refractivity contribution in [1.82, 2.24) is 0 Å². The second-order valence-electron chi connectivity index (χ2n) is 5.64. The van der Waals surface area contributed by atoms with E-state index in [0.717, 1.165) is 16.9 Å². The third-order valence-corrected chi connectivity index (χ3v) is 3.09. The molecule has 0 bridgehead atoms. The van der Waals surface area contributed by atoms with Gasteiger partial charge >= 0.3 is 7.82 Å². The van der Waals surface area contributed by atoms with Crippen LogP contribution in [-0.2, 0) is 9.30 Å². The molecule has 0 aromatic heterocycles. The second-order valence-corrected chi connectivity index (χ2v) is 6.67. The van der Waals surface area contributed by atoms with Gasteiger partial charge < -0.3 is 19.4 Å². The van der Waals surface area contributed by atoms with Crippen LogP contribution in [0.15, 0.2) is 36.4 Å².